The molecule has 0 rings (SSSR count). The van der Waals surface area contributed by atoms with Crippen LogP contribution in [-0.2, 0) is 14.3 Å². The van der Waals surface area contributed by atoms with Crippen LogP contribution in [0.15, 0.2) is 12.2 Å². The summed E-state index contributed by atoms with van der Waals surface area (Å²) in [5.74, 6) is -0.0635. The van der Waals surface area contributed by atoms with Gasteiger partial charge in [0, 0.05) is 12.8 Å². The molecule has 0 radical (unpaired) electrons. The lowest BCUT2D eigenvalue weighted by molar-refractivity contribution is -0.143. The average Bonchev–Trinajstić information content (AvgIpc) is 3.29. The third-order valence-electron chi connectivity index (χ3n) is 13.6. The Kier molecular flexibility index (Phi) is 53.0. The van der Waals surface area contributed by atoms with Crippen molar-refractivity contribution < 1.29 is 24.5 Å². The summed E-state index contributed by atoms with van der Waals surface area (Å²) < 4.78 is 5.48. The third kappa shape index (κ3) is 50.0. The second kappa shape index (κ2) is 54.2. The van der Waals surface area contributed by atoms with Gasteiger partial charge in [-0.25, -0.2) is 0 Å². The van der Waals surface area contributed by atoms with E-state index in [2.05, 4.69) is 19.2 Å². The number of nitrogens with one attached hydrogen (secondary N) is 1. The summed E-state index contributed by atoms with van der Waals surface area (Å²) in [6.45, 7) is 4.91. The zero-order chi connectivity index (χ0) is 46.5. The minimum atomic E-state index is -0.847. The maximum absolute atomic E-state index is 12.4. The summed E-state index contributed by atoms with van der Waals surface area (Å²) >= 11 is 0. The summed E-state index contributed by atoms with van der Waals surface area (Å²) in [6, 6.07) is -0.630. The minimum Gasteiger partial charge on any atom is -0.466 e. The molecule has 380 valence electrons. The summed E-state index contributed by atoms with van der Waals surface area (Å²) in [6.07, 6.45) is 63.7. The van der Waals surface area contributed by atoms with Gasteiger partial charge in [-0.1, -0.05) is 289 Å². The Morgan fingerprint density at radius 3 is 1.06 bits per heavy atom. The topological polar surface area (TPSA) is 95.9 Å². The van der Waals surface area contributed by atoms with E-state index in [0.29, 0.717) is 19.4 Å². The van der Waals surface area contributed by atoms with Crippen molar-refractivity contribution in [3.63, 3.8) is 0 Å². The predicted molar refractivity (Wildman–Crippen MR) is 278 cm³/mol. The Morgan fingerprint density at radius 2 is 0.719 bits per heavy atom. The number of hydrogen-bond donors (Lipinski definition) is 3. The second-order valence-corrected chi connectivity index (χ2v) is 20.0. The first kappa shape index (κ1) is 62.6. The van der Waals surface area contributed by atoms with Gasteiger partial charge in [-0.2, -0.15) is 0 Å². The molecular weight excluding hydrogens is 791 g/mol. The number of carbonyl (C=O) groups is 2. The molecule has 1 amide bonds. The monoisotopic (exact) mass is 904 g/mol. The SMILES string of the molecule is CCCCCCCCCCCCCCC/C=C/C(O)C(CO)NC(=O)CCCCCCCCCCCCCCCCCCCOC(=O)CCCCCCCCCCCCCCCCC. The zero-order valence-corrected chi connectivity index (χ0v) is 43.3. The normalized spacial score (nSPS) is 12.6. The largest absolute Gasteiger partial charge is 0.466 e. The van der Waals surface area contributed by atoms with Gasteiger partial charge < -0.3 is 20.3 Å². The molecule has 2 unspecified atom stereocenters. The number of aliphatic hydroxyl groups excluding tert-OH is 2. The maximum atomic E-state index is 12.4. The van der Waals surface area contributed by atoms with Gasteiger partial charge in [0.15, 0.2) is 0 Å². The number of hydrogen-bond acceptors (Lipinski definition) is 5. The summed E-state index contributed by atoms with van der Waals surface area (Å²) in [7, 11) is 0. The van der Waals surface area contributed by atoms with Gasteiger partial charge >= 0.3 is 5.97 Å². The van der Waals surface area contributed by atoms with Gasteiger partial charge in [-0.15, -0.1) is 0 Å². The van der Waals surface area contributed by atoms with E-state index in [1.54, 1.807) is 6.08 Å². The number of amides is 1. The lowest BCUT2D eigenvalue weighted by atomic mass is 10.0. The summed E-state index contributed by atoms with van der Waals surface area (Å²) in [5.41, 5.74) is 0. The van der Waals surface area contributed by atoms with Crippen LogP contribution in [-0.4, -0.2) is 47.4 Å². The molecule has 0 aliphatic heterocycles. The highest BCUT2D eigenvalue weighted by molar-refractivity contribution is 5.76. The van der Waals surface area contributed by atoms with Crippen LogP contribution in [0.4, 0.5) is 0 Å². The van der Waals surface area contributed by atoms with Crippen LogP contribution < -0.4 is 5.32 Å². The van der Waals surface area contributed by atoms with Crippen LogP contribution in [0.2, 0.25) is 0 Å². The van der Waals surface area contributed by atoms with E-state index in [0.717, 1.165) is 38.5 Å². The summed E-state index contributed by atoms with van der Waals surface area (Å²) in [5, 5.41) is 23.1. The van der Waals surface area contributed by atoms with Crippen LogP contribution in [0.3, 0.4) is 0 Å². The van der Waals surface area contributed by atoms with E-state index in [1.165, 1.54) is 257 Å². The van der Waals surface area contributed by atoms with E-state index in [9.17, 15) is 19.8 Å². The van der Waals surface area contributed by atoms with Crippen molar-refractivity contribution in [2.24, 2.45) is 0 Å². The highest BCUT2D eigenvalue weighted by atomic mass is 16.5. The highest BCUT2D eigenvalue weighted by Crippen LogP contribution is 2.17. The van der Waals surface area contributed by atoms with Gasteiger partial charge in [0.2, 0.25) is 5.91 Å². The Balaban J connectivity index is 3.42. The number of esters is 1. The highest BCUT2D eigenvalue weighted by Gasteiger charge is 2.18. The van der Waals surface area contributed by atoms with E-state index in [-0.39, 0.29) is 18.5 Å². The zero-order valence-electron chi connectivity index (χ0n) is 43.3. The van der Waals surface area contributed by atoms with Crippen LogP contribution in [0.25, 0.3) is 0 Å². The fraction of sp³-hybridized carbons (Fsp3) is 0.931. The molecule has 0 aliphatic carbocycles. The van der Waals surface area contributed by atoms with Crippen molar-refractivity contribution in [3.8, 4) is 0 Å². The molecule has 0 aromatic rings. The Morgan fingerprint density at radius 1 is 0.422 bits per heavy atom. The molecule has 0 aromatic carbocycles. The third-order valence-corrected chi connectivity index (χ3v) is 13.6. The molecule has 6 heteroatoms. The molecular formula is C58H113NO5. The van der Waals surface area contributed by atoms with Crippen LogP contribution >= 0.6 is 0 Å². The van der Waals surface area contributed by atoms with Gasteiger partial charge in [-0.3, -0.25) is 9.59 Å². The first-order valence-electron chi connectivity index (χ1n) is 29.0. The second-order valence-electron chi connectivity index (χ2n) is 20.0. The van der Waals surface area contributed by atoms with Crippen molar-refractivity contribution in [1.29, 1.82) is 0 Å². The van der Waals surface area contributed by atoms with E-state index in [4.69, 9.17) is 4.74 Å². The van der Waals surface area contributed by atoms with Crippen LogP contribution in [0.1, 0.15) is 322 Å². The van der Waals surface area contributed by atoms with E-state index < -0.39 is 12.1 Å². The van der Waals surface area contributed by atoms with E-state index >= 15 is 0 Å². The van der Waals surface area contributed by atoms with E-state index in [1.807, 2.05) is 6.08 Å². The molecule has 0 spiro atoms. The molecule has 0 fully saturated rings. The standard InChI is InChI=1S/C58H113NO5/c1-3-5-7-9-11-13-15-17-22-26-30-34-38-42-46-50-56(61)55(54-60)59-57(62)51-47-43-39-35-31-27-24-20-19-21-25-29-33-37-41-45-49-53-64-58(63)52-48-44-40-36-32-28-23-18-16-14-12-10-8-6-4-2/h46,50,55-56,60-61H,3-45,47-49,51-54H2,1-2H3,(H,59,62)/b50-46+. The number of allylic oxidation sites excluding steroid dienone is 1. The lowest BCUT2D eigenvalue weighted by Gasteiger charge is -2.20. The van der Waals surface area contributed by atoms with Crippen molar-refractivity contribution in [2.45, 2.75) is 334 Å². The molecule has 0 aromatic heterocycles. The van der Waals surface area contributed by atoms with Gasteiger partial charge in [-0.05, 0) is 32.1 Å². The van der Waals surface area contributed by atoms with Crippen molar-refractivity contribution in [3.05, 3.63) is 12.2 Å². The predicted octanol–water partition coefficient (Wildman–Crippen LogP) is 17.7. The number of ether oxygens (including phenoxy) is 1. The molecule has 0 heterocycles. The number of unbranched alkanes of at least 4 members (excludes halogenated alkanes) is 43. The first-order valence-corrected chi connectivity index (χ1v) is 29.0. The van der Waals surface area contributed by atoms with Crippen molar-refractivity contribution in [2.75, 3.05) is 13.2 Å². The van der Waals surface area contributed by atoms with Gasteiger partial charge in [0.25, 0.3) is 0 Å². The first-order chi connectivity index (χ1) is 31.5. The molecule has 0 saturated heterocycles. The molecule has 6 nitrogen and oxygen atoms in total. The average molecular weight is 905 g/mol. The Labute approximate surface area is 399 Å². The maximum Gasteiger partial charge on any atom is 0.305 e. The lowest BCUT2D eigenvalue weighted by Crippen LogP contribution is -2.45. The molecule has 3 N–H and O–H groups in total. The Hall–Kier alpha value is -1.40. The number of carbonyl (C=O) groups excluding carboxylic acids is 2. The molecule has 0 bridgehead atoms. The van der Waals surface area contributed by atoms with Gasteiger partial charge in [0.1, 0.15) is 0 Å². The minimum absolute atomic E-state index is 0.00782. The molecule has 0 saturated carbocycles. The van der Waals surface area contributed by atoms with Crippen LogP contribution in [0.5, 0.6) is 0 Å². The fourth-order valence-corrected chi connectivity index (χ4v) is 9.11. The molecule has 0 aliphatic rings. The van der Waals surface area contributed by atoms with Crippen LogP contribution in [0, 0.1) is 0 Å². The molecule has 64 heavy (non-hydrogen) atoms. The summed E-state index contributed by atoms with van der Waals surface area (Å²) in [4.78, 5) is 24.5. The number of aliphatic hydroxyl groups is 2. The van der Waals surface area contributed by atoms with Gasteiger partial charge in [0.05, 0.1) is 25.4 Å². The number of rotatable bonds is 54. The molecule has 2 atom stereocenters. The Bertz CT molecular complexity index is 955. The van der Waals surface area contributed by atoms with Crippen molar-refractivity contribution in [1.82, 2.24) is 5.32 Å². The van der Waals surface area contributed by atoms with Crippen molar-refractivity contribution >= 4 is 11.9 Å². The quantitative estimate of drug-likeness (QED) is 0.0321. The smallest absolute Gasteiger partial charge is 0.305 e. The fourth-order valence-electron chi connectivity index (χ4n) is 9.11.